The van der Waals surface area contributed by atoms with Crippen molar-refractivity contribution in [1.82, 2.24) is 15.2 Å². The van der Waals surface area contributed by atoms with Crippen LogP contribution in [0.5, 0.6) is 0 Å². The molecule has 0 saturated heterocycles. The zero-order chi connectivity index (χ0) is 14.7. The van der Waals surface area contributed by atoms with Gasteiger partial charge in [0.1, 0.15) is 0 Å². The van der Waals surface area contributed by atoms with Crippen molar-refractivity contribution in [1.29, 1.82) is 0 Å². The predicted molar refractivity (Wildman–Crippen MR) is 85.5 cm³/mol. The van der Waals surface area contributed by atoms with Crippen LogP contribution in [0.2, 0.25) is 5.02 Å². The number of aromatic nitrogens is 3. The van der Waals surface area contributed by atoms with Gasteiger partial charge in [-0.1, -0.05) is 37.6 Å². The third kappa shape index (κ3) is 4.17. The van der Waals surface area contributed by atoms with E-state index in [1.54, 1.807) is 6.07 Å². The molecule has 1 aromatic carbocycles. The zero-order valence-corrected chi connectivity index (χ0v) is 13.2. The number of hydrogen-bond acceptors (Lipinski definition) is 4. The average Bonchev–Trinajstić information content (AvgIpc) is 2.86. The van der Waals surface area contributed by atoms with E-state index in [0.29, 0.717) is 10.8 Å². The maximum Gasteiger partial charge on any atom is 0.249 e. The third-order valence-electron chi connectivity index (χ3n) is 2.87. The zero-order valence-electron chi connectivity index (χ0n) is 11.6. The van der Waals surface area contributed by atoms with Gasteiger partial charge in [-0.05, 0) is 18.1 Å². The van der Waals surface area contributed by atoms with Gasteiger partial charge in [-0.2, -0.15) is 4.98 Å². The van der Waals surface area contributed by atoms with Gasteiger partial charge in [0.2, 0.25) is 11.9 Å². The van der Waals surface area contributed by atoms with Gasteiger partial charge in [0, 0.05) is 5.56 Å². The molecule has 0 aliphatic heterocycles. The van der Waals surface area contributed by atoms with Crippen molar-refractivity contribution >= 4 is 35.9 Å². The topological polar surface area (TPSA) is 96.7 Å². The maximum absolute atomic E-state index is 11.8. The summed E-state index contributed by atoms with van der Waals surface area (Å²) in [5.41, 5.74) is 6.47. The van der Waals surface area contributed by atoms with Crippen LogP contribution >= 0.6 is 24.0 Å². The summed E-state index contributed by atoms with van der Waals surface area (Å²) < 4.78 is 0. The number of carbonyl (C=O) groups is 1. The lowest BCUT2D eigenvalue weighted by Gasteiger charge is -2.13. The smallest absolute Gasteiger partial charge is 0.249 e. The van der Waals surface area contributed by atoms with Crippen molar-refractivity contribution in [3.05, 3.63) is 29.3 Å². The van der Waals surface area contributed by atoms with Gasteiger partial charge in [0.25, 0.3) is 0 Å². The minimum absolute atomic E-state index is 0. The highest BCUT2D eigenvalue weighted by molar-refractivity contribution is 6.33. The summed E-state index contributed by atoms with van der Waals surface area (Å²) in [5.74, 6) is 0.395. The van der Waals surface area contributed by atoms with Crippen molar-refractivity contribution in [3.63, 3.8) is 0 Å². The van der Waals surface area contributed by atoms with Crippen molar-refractivity contribution in [2.75, 3.05) is 5.32 Å². The van der Waals surface area contributed by atoms with Crippen molar-refractivity contribution in [3.8, 4) is 11.4 Å². The lowest BCUT2D eigenvalue weighted by atomic mass is 10.1. The summed E-state index contributed by atoms with van der Waals surface area (Å²) in [4.78, 5) is 16.0. The summed E-state index contributed by atoms with van der Waals surface area (Å²) in [5, 5.41) is 9.80. The molecule has 6 nitrogen and oxygen atoms in total. The van der Waals surface area contributed by atoms with Crippen molar-refractivity contribution < 1.29 is 4.79 Å². The molecule has 0 fully saturated rings. The highest BCUT2D eigenvalue weighted by Gasteiger charge is 2.19. The quantitative estimate of drug-likeness (QED) is 0.802. The van der Waals surface area contributed by atoms with Crippen LogP contribution in [0.4, 0.5) is 5.95 Å². The molecule has 1 amide bonds. The Morgan fingerprint density at radius 3 is 2.67 bits per heavy atom. The molecule has 0 aliphatic carbocycles. The summed E-state index contributed by atoms with van der Waals surface area (Å²) >= 11 is 6.07. The van der Waals surface area contributed by atoms with Gasteiger partial charge in [-0.25, -0.2) is 0 Å². The Morgan fingerprint density at radius 1 is 1.38 bits per heavy atom. The molecule has 0 spiro atoms. The van der Waals surface area contributed by atoms with E-state index >= 15 is 0 Å². The van der Waals surface area contributed by atoms with Crippen LogP contribution in [-0.4, -0.2) is 27.1 Å². The molecule has 8 heteroatoms. The second-order valence-corrected chi connectivity index (χ2v) is 5.15. The number of halogens is 2. The van der Waals surface area contributed by atoms with Gasteiger partial charge in [0.05, 0.1) is 11.1 Å². The lowest BCUT2D eigenvalue weighted by Crippen LogP contribution is -2.40. The highest BCUT2D eigenvalue weighted by atomic mass is 35.5. The molecule has 4 N–H and O–H groups in total. The normalized spacial score (nSPS) is 11.9. The molecule has 0 saturated carbocycles. The molecule has 2 aromatic rings. The number of nitrogens with one attached hydrogen (secondary N) is 2. The first-order valence-corrected chi connectivity index (χ1v) is 6.60. The minimum Gasteiger partial charge on any atom is -0.320 e. The predicted octanol–water partition coefficient (Wildman–Crippen LogP) is 2.47. The summed E-state index contributed by atoms with van der Waals surface area (Å²) in [7, 11) is 0. The summed E-state index contributed by atoms with van der Waals surface area (Å²) in [6.07, 6.45) is 0. The van der Waals surface area contributed by atoms with Crippen LogP contribution in [0.25, 0.3) is 11.4 Å². The van der Waals surface area contributed by atoms with Crippen LogP contribution in [-0.2, 0) is 4.79 Å². The Balaban J connectivity index is 0.00000220. The molecule has 0 aliphatic rings. The third-order valence-corrected chi connectivity index (χ3v) is 3.20. The van der Waals surface area contributed by atoms with Crippen LogP contribution < -0.4 is 11.1 Å². The van der Waals surface area contributed by atoms with E-state index in [1.807, 2.05) is 32.0 Å². The van der Waals surface area contributed by atoms with E-state index in [0.717, 1.165) is 5.56 Å². The SMILES string of the molecule is CC(C)[C@H](N)C(=O)Nc1n[nH]c(-c2ccccc2Cl)n1.Cl. The Labute approximate surface area is 133 Å². The molecule has 2 rings (SSSR count). The van der Waals surface area contributed by atoms with Crippen LogP contribution in [0.15, 0.2) is 24.3 Å². The monoisotopic (exact) mass is 329 g/mol. The molecule has 1 aromatic heterocycles. The van der Waals surface area contributed by atoms with E-state index in [-0.39, 0.29) is 30.2 Å². The Bertz CT molecular complexity index is 614. The second-order valence-electron chi connectivity index (χ2n) is 4.75. The van der Waals surface area contributed by atoms with E-state index in [9.17, 15) is 4.79 Å². The van der Waals surface area contributed by atoms with Crippen molar-refractivity contribution in [2.45, 2.75) is 19.9 Å². The van der Waals surface area contributed by atoms with Crippen LogP contribution in [0.3, 0.4) is 0 Å². The minimum atomic E-state index is -0.600. The first-order chi connectivity index (χ1) is 9.49. The molecule has 114 valence electrons. The van der Waals surface area contributed by atoms with Crippen LogP contribution in [0, 0.1) is 5.92 Å². The first-order valence-electron chi connectivity index (χ1n) is 6.22. The number of rotatable bonds is 4. The number of aromatic amines is 1. The molecule has 0 bridgehead atoms. The molecule has 0 radical (unpaired) electrons. The fraction of sp³-hybridized carbons (Fsp3) is 0.308. The lowest BCUT2D eigenvalue weighted by molar-refractivity contribution is -0.118. The van der Waals surface area contributed by atoms with Gasteiger partial charge < -0.3 is 5.73 Å². The number of carbonyl (C=O) groups excluding carboxylic acids is 1. The molecule has 1 heterocycles. The number of benzene rings is 1. The maximum atomic E-state index is 11.8. The van der Waals surface area contributed by atoms with E-state index in [1.165, 1.54) is 0 Å². The largest absolute Gasteiger partial charge is 0.320 e. The number of nitrogens with two attached hydrogens (primary N) is 1. The van der Waals surface area contributed by atoms with E-state index < -0.39 is 6.04 Å². The van der Waals surface area contributed by atoms with Gasteiger partial charge in [-0.3, -0.25) is 15.2 Å². The molecular formula is C13H17Cl2N5O. The van der Waals surface area contributed by atoms with Crippen molar-refractivity contribution in [2.24, 2.45) is 11.7 Å². The summed E-state index contributed by atoms with van der Waals surface area (Å²) in [6.45, 7) is 3.74. The molecular weight excluding hydrogens is 313 g/mol. The number of hydrogen-bond donors (Lipinski definition) is 3. The Hall–Kier alpha value is -1.63. The number of amides is 1. The van der Waals surface area contributed by atoms with Gasteiger partial charge >= 0.3 is 0 Å². The van der Waals surface area contributed by atoms with Gasteiger partial charge in [-0.15, -0.1) is 17.5 Å². The molecule has 1 atom stereocenters. The first kappa shape index (κ1) is 17.4. The van der Waals surface area contributed by atoms with Gasteiger partial charge in [0.15, 0.2) is 5.82 Å². The number of anilines is 1. The van der Waals surface area contributed by atoms with Crippen LogP contribution in [0.1, 0.15) is 13.8 Å². The Morgan fingerprint density at radius 2 is 2.05 bits per heavy atom. The standard InChI is InChI=1S/C13H16ClN5O.ClH/c1-7(2)10(15)12(20)17-13-16-11(18-19-13)8-5-3-4-6-9(8)14;/h3-7,10H,15H2,1-2H3,(H2,16,17,18,19,20);1H/t10-;/m0./s1. The van der Waals surface area contributed by atoms with E-state index in [4.69, 9.17) is 17.3 Å². The highest BCUT2D eigenvalue weighted by Crippen LogP contribution is 2.24. The van der Waals surface area contributed by atoms with E-state index in [2.05, 4.69) is 20.5 Å². The fourth-order valence-electron chi connectivity index (χ4n) is 1.59. The molecule has 0 unspecified atom stereocenters. The second kappa shape index (κ2) is 7.40. The average molecular weight is 330 g/mol. The fourth-order valence-corrected chi connectivity index (χ4v) is 1.81. The molecule has 21 heavy (non-hydrogen) atoms. The summed E-state index contributed by atoms with van der Waals surface area (Å²) in [6, 6.07) is 6.64. The number of H-pyrrole nitrogens is 1. The number of nitrogens with zero attached hydrogens (tertiary/aromatic N) is 2. The Kier molecular flexibility index (Phi) is 6.14.